The number of sulfonamides is 1. The van der Waals surface area contributed by atoms with Gasteiger partial charge in [0.25, 0.3) is 0 Å². The van der Waals surface area contributed by atoms with Gasteiger partial charge < -0.3 is 4.74 Å². The molecule has 0 fully saturated rings. The zero-order chi connectivity index (χ0) is 22.9. The van der Waals surface area contributed by atoms with Crippen LogP contribution in [0.3, 0.4) is 0 Å². The molecule has 0 radical (unpaired) electrons. The number of nitrogens with zero attached hydrogens (tertiary/aromatic N) is 4. The van der Waals surface area contributed by atoms with Gasteiger partial charge in [-0.25, -0.2) is 13.1 Å². The van der Waals surface area contributed by atoms with Crippen LogP contribution in [0.1, 0.15) is 11.1 Å². The Morgan fingerprint density at radius 3 is 2.56 bits per heavy atom. The van der Waals surface area contributed by atoms with Crippen LogP contribution in [0, 0.1) is 13.8 Å². The van der Waals surface area contributed by atoms with E-state index in [0.717, 1.165) is 0 Å². The minimum atomic E-state index is -3.71. The zero-order valence-corrected chi connectivity index (χ0v) is 19.5. The van der Waals surface area contributed by atoms with Crippen molar-refractivity contribution in [3.63, 3.8) is 0 Å². The van der Waals surface area contributed by atoms with Crippen LogP contribution in [0.15, 0.2) is 53.4 Å². The molecule has 32 heavy (non-hydrogen) atoms. The zero-order valence-electron chi connectivity index (χ0n) is 17.2. The molecule has 0 saturated heterocycles. The number of aromatic nitrogens is 4. The van der Waals surface area contributed by atoms with Crippen LogP contribution in [0.4, 0.5) is 0 Å². The van der Waals surface area contributed by atoms with Gasteiger partial charge in [-0.1, -0.05) is 35.3 Å². The van der Waals surface area contributed by atoms with Gasteiger partial charge in [0.1, 0.15) is 6.61 Å². The molecule has 0 amide bonds. The molecule has 0 aliphatic rings. The van der Waals surface area contributed by atoms with E-state index in [1.165, 1.54) is 4.52 Å². The molecular weight excluding hydrogens is 473 g/mol. The minimum absolute atomic E-state index is 0.0582. The van der Waals surface area contributed by atoms with Crippen LogP contribution in [-0.2, 0) is 10.0 Å². The summed E-state index contributed by atoms with van der Waals surface area (Å²) in [4.78, 5) is 0.188. The van der Waals surface area contributed by atoms with E-state index in [0.29, 0.717) is 44.1 Å². The van der Waals surface area contributed by atoms with Crippen molar-refractivity contribution in [3.8, 4) is 17.3 Å². The summed E-state index contributed by atoms with van der Waals surface area (Å²) in [5, 5.41) is 13.7. The maximum atomic E-state index is 12.6. The number of hydrogen-bond donors (Lipinski definition) is 1. The van der Waals surface area contributed by atoms with Gasteiger partial charge in [0.05, 0.1) is 9.92 Å². The summed E-state index contributed by atoms with van der Waals surface area (Å²) >= 11 is 12.3. The van der Waals surface area contributed by atoms with Gasteiger partial charge in [-0.2, -0.15) is 4.52 Å². The van der Waals surface area contributed by atoms with Crippen molar-refractivity contribution in [2.24, 2.45) is 0 Å². The van der Waals surface area contributed by atoms with E-state index in [2.05, 4.69) is 20.0 Å². The lowest BCUT2D eigenvalue weighted by atomic mass is 10.2. The molecule has 0 spiro atoms. The molecule has 8 nitrogen and oxygen atoms in total. The number of halogens is 2. The molecular formula is C21H19Cl2N5O3S. The first kappa shape index (κ1) is 22.5. The van der Waals surface area contributed by atoms with Crippen molar-refractivity contribution in [1.82, 2.24) is 24.5 Å². The molecule has 2 aromatic carbocycles. The third-order valence-electron chi connectivity index (χ3n) is 4.74. The highest BCUT2D eigenvalue weighted by atomic mass is 35.5. The molecule has 0 unspecified atom stereocenters. The first-order valence-electron chi connectivity index (χ1n) is 9.63. The fraction of sp³-hybridized carbons (Fsp3) is 0.190. The average Bonchev–Trinajstić information content (AvgIpc) is 3.17. The highest BCUT2D eigenvalue weighted by Crippen LogP contribution is 2.26. The van der Waals surface area contributed by atoms with Crippen molar-refractivity contribution >= 4 is 38.9 Å². The molecule has 0 aliphatic heterocycles. The van der Waals surface area contributed by atoms with Crippen LogP contribution >= 0.6 is 23.2 Å². The van der Waals surface area contributed by atoms with Crippen molar-refractivity contribution in [1.29, 1.82) is 0 Å². The first-order valence-corrected chi connectivity index (χ1v) is 11.9. The van der Waals surface area contributed by atoms with Gasteiger partial charge in [0.15, 0.2) is 11.5 Å². The van der Waals surface area contributed by atoms with E-state index in [4.69, 9.17) is 27.9 Å². The van der Waals surface area contributed by atoms with Crippen molar-refractivity contribution in [3.05, 3.63) is 69.7 Å². The molecule has 0 saturated carbocycles. The third kappa shape index (κ3) is 4.56. The number of fused-ring (bicyclic) bond motifs is 1. The summed E-state index contributed by atoms with van der Waals surface area (Å²) in [6.07, 6.45) is 0. The lowest BCUT2D eigenvalue weighted by Crippen LogP contribution is -2.29. The van der Waals surface area contributed by atoms with Gasteiger partial charge in [0, 0.05) is 23.2 Å². The van der Waals surface area contributed by atoms with Gasteiger partial charge in [-0.05, 0) is 55.3 Å². The van der Waals surface area contributed by atoms with Crippen molar-refractivity contribution in [2.75, 3.05) is 13.2 Å². The maximum absolute atomic E-state index is 12.6. The summed E-state index contributed by atoms with van der Waals surface area (Å²) in [6, 6.07) is 13.8. The Morgan fingerprint density at radius 1 is 1.00 bits per heavy atom. The topological polar surface area (TPSA) is 98.5 Å². The van der Waals surface area contributed by atoms with Crippen molar-refractivity contribution < 1.29 is 13.2 Å². The Balaban J connectivity index is 1.46. The smallest absolute Gasteiger partial charge is 0.240 e. The quantitative estimate of drug-likeness (QED) is 0.391. The number of aryl methyl sites for hydroxylation is 2. The number of ether oxygens (including phenoxy) is 1. The summed E-state index contributed by atoms with van der Waals surface area (Å²) < 4.78 is 35.0. The van der Waals surface area contributed by atoms with E-state index >= 15 is 0 Å². The van der Waals surface area contributed by atoms with Crippen LogP contribution in [0.5, 0.6) is 5.88 Å². The third-order valence-corrected chi connectivity index (χ3v) is 7.08. The molecule has 166 valence electrons. The molecule has 0 bridgehead atoms. The second-order valence-electron chi connectivity index (χ2n) is 7.06. The molecule has 0 atom stereocenters. The second kappa shape index (κ2) is 9.03. The highest BCUT2D eigenvalue weighted by molar-refractivity contribution is 7.89. The van der Waals surface area contributed by atoms with Crippen LogP contribution in [0.25, 0.3) is 17.0 Å². The Bertz CT molecular complexity index is 1410. The molecule has 4 rings (SSSR count). The highest BCUT2D eigenvalue weighted by Gasteiger charge is 2.18. The van der Waals surface area contributed by atoms with Crippen LogP contribution in [-0.4, -0.2) is 41.4 Å². The van der Waals surface area contributed by atoms with Gasteiger partial charge in [0.2, 0.25) is 15.9 Å². The molecule has 2 aromatic heterocycles. The Morgan fingerprint density at radius 2 is 1.78 bits per heavy atom. The van der Waals surface area contributed by atoms with Crippen LogP contribution in [0.2, 0.25) is 10.0 Å². The van der Waals surface area contributed by atoms with Gasteiger partial charge in [-0.3, -0.25) is 0 Å². The van der Waals surface area contributed by atoms with Gasteiger partial charge >= 0.3 is 0 Å². The SMILES string of the molecule is Cc1cc(S(=O)(=O)NCCOc2ccc3nnc(-c4ccccc4Cl)n3n2)c(C)cc1Cl. The minimum Gasteiger partial charge on any atom is -0.475 e. The van der Waals surface area contributed by atoms with E-state index < -0.39 is 10.0 Å². The fourth-order valence-electron chi connectivity index (χ4n) is 3.11. The largest absolute Gasteiger partial charge is 0.475 e. The molecule has 1 N–H and O–H groups in total. The number of nitrogens with one attached hydrogen (secondary N) is 1. The Labute approximate surface area is 195 Å². The average molecular weight is 492 g/mol. The summed E-state index contributed by atoms with van der Waals surface area (Å²) in [5.41, 5.74) is 2.48. The first-order chi connectivity index (χ1) is 15.3. The lowest BCUT2D eigenvalue weighted by molar-refractivity contribution is 0.306. The van der Waals surface area contributed by atoms with Gasteiger partial charge in [-0.15, -0.1) is 15.3 Å². The van der Waals surface area contributed by atoms with E-state index in [9.17, 15) is 8.42 Å². The predicted molar refractivity (Wildman–Crippen MR) is 123 cm³/mol. The van der Waals surface area contributed by atoms with Crippen LogP contribution < -0.4 is 9.46 Å². The lowest BCUT2D eigenvalue weighted by Gasteiger charge is -2.11. The number of hydrogen-bond acceptors (Lipinski definition) is 6. The summed E-state index contributed by atoms with van der Waals surface area (Å²) in [7, 11) is -3.71. The second-order valence-corrected chi connectivity index (χ2v) is 9.61. The molecule has 0 aliphatic carbocycles. The monoisotopic (exact) mass is 491 g/mol. The normalized spacial score (nSPS) is 11.8. The van der Waals surface area contributed by atoms with E-state index in [-0.39, 0.29) is 18.0 Å². The van der Waals surface area contributed by atoms with Crippen molar-refractivity contribution in [2.45, 2.75) is 18.7 Å². The maximum Gasteiger partial charge on any atom is 0.240 e. The number of benzene rings is 2. The van der Waals surface area contributed by atoms with E-state index in [1.54, 1.807) is 44.2 Å². The predicted octanol–water partition coefficient (Wildman–Crippen LogP) is 4.07. The Hall–Kier alpha value is -2.72. The molecule has 2 heterocycles. The molecule has 4 aromatic rings. The van der Waals surface area contributed by atoms with E-state index in [1.807, 2.05) is 18.2 Å². The standard InChI is InChI=1S/C21H19Cl2N5O3S/c1-13-12-18(14(2)11-17(13)23)32(29,30)24-9-10-31-20-8-7-19-25-26-21(28(19)27-20)15-5-3-4-6-16(15)22/h3-8,11-12,24H,9-10H2,1-2H3. The Kier molecular flexibility index (Phi) is 6.34. The molecule has 11 heteroatoms. The summed E-state index contributed by atoms with van der Waals surface area (Å²) in [6.45, 7) is 3.59. The number of rotatable bonds is 7. The fourth-order valence-corrected chi connectivity index (χ4v) is 4.87. The summed E-state index contributed by atoms with van der Waals surface area (Å²) in [5.74, 6) is 0.772.